The highest BCUT2D eigenvalue weighted by Gasteiger charge is 2.23. The van der Waals surface area contributed by atoms with E-state index in [-0.39, 0.29) is 39.3 Å². The second-order valence-corrected chi connectivity index (χ2v) is 11.2. The van der Waals surface area contributed by atoms with E-state index in [2.05, 4.69) is 10.9 Å². The molecule has 0 spiro atoms. The number of hydrogen-bond acceptors (Lipinski definition) is 12. The van der Waals surface area contributed by atoms with E-state index in [1.807, 2.05) is 0 Å². The number of ether oxygens (including phenoxy) is 2. The fraction of sp³-hybridized carbons (Fsp3) is 0.750. The van der Waals surface area contributed by atoms with Gasteiger partial charge >= 0.3 is 36.1 Å². The molecule has 0 fully saturated rings. The van der Waals surface area contributed by atoms with Crippen LogP contribution in [-0.4, -0.2) is 153 Å². The lowest BCUT2D eigenvalue weighted by Crippen LogP contribution is -2.51. The average molecular weight is 609 g/mol. The zero-order valence-corrected chi connectivity index (χ0v) is 24.9. The van der Waals surface area contributed by atoms with Gasteiger partial charge in [-0.3, -0.25) is 39.8 Å². The molecule has 0 saturated heterocycles. The Morgan fingerprint density at radius 2 is 0.762 bits per heavy atom. The van der Waals surface area contributed by atoms with Gasteiger partial charge in [0, 0.05) is 39.3 Å². The first-order chi connectivity index (χ1) is 19.1. The van der Waals surface area contributed by atoms with Crippen molar-refractivity contribution in [3.8, 4) is 0 Å². The van der Waals surface area contributed by atoms with Crippen molar-refractivity contribution < 1.29 is 58.7 Å². The minimum absolute atomic E-state index is 0.0192. The predicted molar refractivity (Wildman–Crippen MR) is 145 cm³/mol. The first kappa shape index (κ1) is 38.3. The topological polar surface area (TPSA) is 239 Å². The highest BCUT2D eigenvalue weighted by molar-refractivity contribution is 5.72. The van der Waals surface area contributed by atoms with Crippen LogP contribution in [0.25, 0.3) is 0 Å². The van der Waals surface area contributed by atoms with Gasteiger partial charge in [0.05, 0.1) is 13.1 Å². The van der Waals surface area contributed by atoms with Crippen LogP contribution in [0, 0.1) is 0 Å². The maximum atomic E-state index is 12.1. The molecule has 6 N–H and O–H groups in total. The van der Waals surface area contributed by atoms with Crippen LogP contribution in [0.15, 0.2) is 0 Å². The molecule has 0 rings (SSSR count). The van der Waals surface area contributed by atoms with Gasteiger partial charge in [-0.15, -0.1) is 0 Å². The van der Waals surface area contributed by atoms with Gasteiger partial charge in [-0.2, -0.15) is 0 Å². The first-order valence-corrected chi connectivity index (χ1v) is 13.0. The monoisotopic (exact) mass is 608 g/mol. The standard InChI is InChI=1S/C24H44N6O12/c1-23(2,3)41-21(39)25-29(15-19(35)36)11-9-27(13-17(31)32)7-8-28(14-18(33)34)10-12-30(16-20(37)38)26-22(40)42-24(4,5)6/h7-16H2,1-6H3,(H,25,39)(H,26,40)(H,31,32)(H,33,34)(H,35,36)(H,37,38). The molecule has 0 aliphatic carbocycles. The molecule has 0 saturated carbocycles. The fourth-order valence-corrected chi connectivity index (χ4v) is 3.27. The van der Waals surface area contributed by atoms with Gasteiger partial charge in [0.25, 0.3) is 0 Å². The second-order valence-electron chi connectivity index (χ2n) is 11.2. The molecule has 0 aliphatic rings. The number of rotatable bonds is 19. The number of nitrogens with zero attached hydrogens (tertiary/aromatic N) is 4. The van der Waals surface area contributed by atoms with Crippen molar-refractivity contribution in [2.45, 2.75) is 52.7 Å². The highest BCUT2D eigenvalue weighted by Crippen LogP contribution is 2.08. The number of carboxylic acid groups (broad SMARTS) is 4. The summed E-state index contributed by atoms with van der Waals surface area (Å²) in [7, 11) is 0. The van der Waals surface area contributed by atoms with Gasteiger partial charge in [-0.1, -0.05) is 0 Å². The van der Waals surface area contributed by atoms with Crippen LogP contribution in [0.2, 0.25) is 0 Å². The number of hydrazine groups is 2. The summed E-state index contributed by atoms with van der Waals surface area (Å²) in [6.07, 6.45) is -1.79. The summed E-state index contributed by atoms with van der Waals surface area (Å²) < 4.78 is 10.3. The molecule has 42 heavy (non-hydrogen) atoms. The van der Waals surface area contributed by atoms with Crippen molar-refractivity contribution in [3.63, 3.8) is 0 Å². The lowest BCUT2D eigenvalue weighted by atomic mass is 10.2. The van der Waals surface area contributed by atoms with E-state index in [0.29, 0.717) is 0 Å². The zero-order valence-electron chi connectivity index (χ0n) is 24.9. The molecule has 18 nitrogen and oxygen atoms in total. The number of carboxylic acids is 4. The van der Waals surface area contributed by atoms with Crippen molar-refractivity contribution in [2.24, 2.45) is 0 Å². The van der Waals surface area contributed by atoms with E-state index in [1.54, 1.807) is 41.5 Å². The summed E-state index contributed by atoms with van der Waals surface area (Å²) in [5, 5.41) is 39.2. The quantitative estimate of drug-likeness (QED) is 0.100. The lowest BCUT2D eigenvalue weighted by molar-refractivity contribution is -0.141. The van der Waals surface area contributed by atoms with Gasteiger partial charge in [-0.05, 0) is 41.5 Å². The normalized spacial score (nSPS) is 12.0. The third kappa shape index (κ3) is 22.0. The molecule has 0 aromatic rings. The molecule has 0 unspecified atom stereocenters. The van der Waals surface area contributed by atoms with E-state index >= 15 is 0 Å². The van der Waals surface area contributed by atoms with Crippen LogP contribution in [0.1, 0.15) is 41.5 Å². The van der Waals surface area contributed by atoms with E-state index < -0.39 is 73.4 Å². The van der Waals surface area contributed by atoms with Crippen molar-refractivity contribution in [2.75, 3.05) is 65.4 Å². The summed E-state index contributed by atoms with van der Waals surface area (Å²) in [5.74, 6) is -4.90. The summed E-state index contributed by atoms with van der Waals surface area (Å²) in [5.41, 5.74) is 2.94. The summed E-state index contributed by atoms with van der Waals surface area (Å²) in [6.45, 7) is 7.37. The molecule has 0 radical (unpaired) electrons. The first-order valence-electron chi connectivity index (χ1n) is 13.0. The Labute approximate surface area is 244 Å². The minimum atomic E-state index is -1.26. The molecule has 0 atom stereocenters. The van der Waals surface area contributed by atoms with E-state index in [0.717, 1.165) is 10.0 Å². The van der Waals surface area contributed by atoms with Gasteiger partial charge in [-0.25, -0.2) is 19.6 Å². The number of aliphatic carboxylic acids is 4. The van der Waals surface area contributed by atoms with Crippen molar-refractivity contribution in [1.29, 1.82) is 0 Å². The number of carbonyl (C=O) groups excluding carboxylic acids is 2. The van der Waals surface area contributed by atoms with Gasteiger partial charge in [0.1, 0.15) is 24.3 Å². The van der Waals surface area contributed by atoms with Crippen molar-refractivity contribution >= 4 is 36.1 Å². The Bertz CT molecular complexity index is 860. The summed E-state index contributed by atoms with van der Waals surface area (Å²) >= 11 is 0. The third-order valence-electron chi connectivity index (χ3n) is 4.77. The lowest BCUT2D eigenvalue weighted by Gasteiger charge is -2.30. The number of carbonyl (C=O) groups is 6. The Morgan fingerprint density at radius 1 is 0.500 bits per heavy atom. The Kier molecular flexibility index (Phi) is 16.3. The van der Waals surface area contributed by atoms with Crippen LogP contribution >= 0.6 is 0 Å². The van der Waals surface area contributed by atoms with Gasteiger partial charge in [0.2, 0.25) is 0 Å². The zero-order chi connectivity index (χ0) is 32.7. The van der Waals surface area contributed by atoms with E-state index in [1.165, 1.54) is 9.80 Å². The molecular weight excluding hydrogens is 564 g/mol. The van der Waals surface area contributed by atoms with Gasteiger partial charge < -0.3 is 29.9 Å². The number of amides is 2. The maximum absolute atomic E-state index is 12.1. The Hall–Kier alpha value is -3.74. The molecule has 2 amide bonds. The van der Waals surface area contributed by atoms with E-state index in [4.69, 9.17) is 9.47 Å². The molecular formula is C24H44N6O12. The minimum Gasteiger partial charge on any atom is -0.480 e. The van der Waals surface area contributed by atoms with Crippen LogP contribution in [0.4, 0.5) is 9.59 Å². The molecule has 0 aliphatic heterocycles. The average Bonchev–Trinajstić information content (AvgIpc) is 2.74. The number of hydrogen-bond donors (Lipinski definition) is 6. The Morgan fingerprint density at radius 3 is 1.00 bits per heavy atom. The van der Waals surface area contributed by atoms with Crippen LogP contribution in [0.5, 0.6) is 0 Å². The largest absolute Gasteiger partial charge is 0.480 e. The van der Waals surface area contributed by atoms with E-state index in [9.17, 15) is 49.2 Å². The summed E-state index contributed by atoms with van der Waals surface area (Å²) in [6, 6.07) is 0. The van der Waals surface area contributed by atoms with Crippen molar-refractivity contribution in [3.05, 3.63) is 0 Å². The van der Waals surface area contributed by atoms with Crippen LogP contribution in [0.3, 0.4) is 0 Å². The molecule has 18 heteroatoms. The summed E-state index contributed by atoms with van der Waals surface area (Å²) in [4.78, 5) is 72.5. The third-order valence-corrected chi connectivity index (χ3v) is 4.77. The smallest absolute Gasteiger partial charge is 0.422 e. The molecule has 0 aromatic carbocycles. The predicted octanol–water partition coefficient (Wildman–Crippen LogP) is -0.588. The number of nitrogens with one attached hydrogen (secondary N) is 2. The maximum Gasteiger partial charge on any atom is 0.422 e. The molecule has 0 bridgehead atoms. The SMILES string of the molecule is CC(C)(C)OC(=O)NN(CCN(CCN(CCN(CC(=O)O)NC(=O)OC(C)(C)C)CC(=O)O)CC(=O)O)CC(=O)O. The molecule has 242 valence electrons. The molecule has 0 aromatic heterocycles. The second kappa shape index (κ2) is 17.9. The van der Waals surface area contributed by atoms with Gasteiger partial charge in [0.15, 0.2) is 0 Å². The van der Waals surface area contributed by atoms with Crippen LogP contribution in [-0.2, 0) is 28.7 Å². The van der Waals surface area contributed by atoms with Crippen molar-refractivity contribution in [1.82, 2.24) is 30.7 Å². The highest BCUT2D eigenvalue weighted by atomic mass is 16.6. The fourth-order valence-electron chi connectivity index (χ4n) is 3.27. The Balaban J connectivity index is 5.41. The van der Waals surface area contributed by atoms with Crippen LogP contribution < -0.4 is 10.9 Å². The molecule has 0 heterocycles.